The Bertz CT molecular complexity index is 458. The molecule has 1 heterocycles. The summed E-state index contributed by atoms with van der Waals surface area (Å²) in [7, 11) is 0. The molecule has 2 bridgehead atoms. The average Bonchev–Trinajstić information content (AvgIpc) is 2.50. The van der Waals surface area contributed by atoms with Crippen molar-refractivity contribution < 1.29 is 4.79 Å². The van der Waals surface area contributed by atoms with Gasteiger partial charge in [0.15, 0.2) is 0 Å². The van der Waals surface area contributed by atoms with Gasteiger partial charge in [-0.2, -0.15) is 0 Å². The van der Waals surface area contributed by atoms with Crippen molar-refractivity contribution in [1.82, 2.24) is 4.90 Å². The topological polar surface area (TPSA) is 20.3 Å². The fourth-order valence-corrected chi connectivity index (χ4v) is 5.51. The van der Waals surface area contributed by atoms with Gasteiger partial charge in [0.2, 0.25) is 5.91 Å². The maximum absolute atomic E-state index is 13.3. The van der Waals surface area contributed by atoms with Crippen molar-refractivity contribution in [3.63, 3.8) is 0 Å². The third kappa shape index (κ3) is 3.16. The molecule has 3 aliphatic rings. The molecule has 0 unspecified atom stereocenters. The smallest absolute Gasteiger partial charge is 0.226 e. The van der Waals surface area contributed by atoms with Crippen LogP contribution in [0.2, 0.25) is 0 Å². The number of hydrogen-bond acceptors (Lipinski definition) is 1. The van der Waals surface area contributed by atoms with Crippen molar-refractivity contribution in [2.45, 2.75) is 65.3 Å². The maximum atomic E-state index is 13.3. The summed E-state index contributed by atoms with van der Waals surface area (Å²) in [4.78, 5) is 15.6. The van der Waals surface area contributed by atoms with Crippen LogP contribution in [0.3, 0.4) is 0 Å². The lowest BCUT2D eigenvalue weighted by Gasteiger charge is -2.46. The van der Waals surface area contributed by atoms with Crippen molar-refractivity contribution in [2.24, 2.45) is 29.6 Å². The fourth-order valence-electron chi connectivity index (χ4n) is 4.89. The Morgan fingerprint density at radius 2 is 2.05 bits per heavy atom. The molecule has 5 atom stereocenters. The molecule has 3 rings (SSSR count). The first-order valence-corrected chi connectivity index (χ1v) is 9.92. The minimum atomic E-state index is 0.252. The highest BCUT2D eigenvalue weighted by atomic mass is 79.9. The number of rotatable bonds is 2. The summed E-state index contributed by atoms with van der Waals surface area (Å²) in [5.74, 6) is 3.38. The number of nitrogens with zero attached hydrogens (tertiary/aromatic N) is 1. The molecule has 1 amide bonds. The number of fused-ring (bicyclic) bond motifs is 2. The van der Waals surface area contributed by atoms with Gasteiger partial charge >= 0.3 is 0 Å². The van der Waals surface area contributed by atoms with Gasteiger partial charge in [0.25, 0.3) is 0 Å². The van der Waals surface area contributed by atoms with Crippen LogP contribution in [-0.4, -0.2) is 23.4 Å². The van der Waals surface area contributed by atoms with Gasteiger partial charge in [0.05, 0.1) is 6.04 Å². The van der Waals surface area contributed by atoms with E-state index in [-0.39, 0.29) is 5.92 Å². The molecular formula is C19H30BrNO. The number of carbonyl (C=O) groups is 1. The van der Waals surface area contributed by atoms with E-state index in [1.807, 2.05) is 0 Å². The molecule has 124 valence electrons. The van der Waals surface area contributed by atoms with E-state index in [4.69, 9.17) is 0 Å². The van der Waals surface area contributed by atoms with E-state index < -0.39 is 0 Å². The Hall–Kier alpha value is -0.310. The van der Waals surface area contributed by atoms with Crippen LogP contribution >= 0.6 is 15.9 Å². The van der Waals surface area contributed by atoms with Crippen molar-refractivity contribution in [3.8, 4) is 0 Å². The number of amides is 1. The van der Waals surface area contributed by atoms with Crippen molar-refractivity contribution >= 4 is 21.8 Å². The SMILES string of the molecule is CC(C)[C@@H]1CC[C@@H](C)C[C@H]1C(=O)N1CC[C@H]2CC=C(Br)[C@@H]1C2. The summed E-state index contributed by atoms with van der Waals surface area (Å²) in [6.07, 6.45) is 9.46. The van der Waals surface area contributed by atoms with Crippen LogP contribution < -0.4 is 0 Å². The van der Waals surface area contributed by atoms with Crippen molar-refractivity contribution in [1.29, 1.82) is 0 Å². The zero-order chi connectivity index (χ0) is 15.9. The molecule has 0 radical (unpaired) electrons. The van der Waals surface area contributed by atoms with E-state index >= 15 is 0 Å². The Balaban J connectivity index is 1.79. The summed E-state index contributed by atoms with van der Waals surface area (Å²) >= 11 is 3.73. The van der Waals surface area contributed by atoms with E-state index in [1.54, 1.807) is 0 Å². The molecule has 3 heteroatoms. The monoisotopic (exact) mass is 367 g/mol. The normalized spacial score (nSPS) is 38.9. The molecule has 0 spiro atoms. The van der Waals surface area contributed by atoms with Crippen molar-refractivity contribution in [3.05, 3.63) is 10.6 Å². The Morgan fingerprint density at radius 3 is 2.77 bits per heavy atom. The third-order valence-corrected chi connectivity index (χ3v) is 7.15. The highest BCUT2D eigenvalue weighted by Gasteiger charge is 2.42. The van der Waals surface area contributed by atoms with Gasteiger partial charge in [-0.3, -0.25) is 4.79 Å². The number of hydrogen-bond donors (Lipinski definition) is 0. The highest BCUT2D eigenvalue weighted by Crippen LogP contribution is 2.42. The maximum Gasteiger partial charge on any atom is 0.226 e. The fraction of sp³-hybridized carbons (Fsp3) is 0.842. The first-order valence-electron chi connectivity index (χ1n) is 9.13. The lowest BCUT2D eigenvalue weighted by Crippen LogP contribution is -2.52. The number of halogens is 1. The molecule has 2 nitrogen and oxygen atoms in total. The molecule has 22 heavy (non-hydrogen) atoms. The molecule has 0 N–H and O–H groups in total. The first kappa shape index (κ1) is 16.5. The molecule has 1 saturated heterocycles. The second kappa shape index (κ2) is 6.67. The van der Waals surface area contributed by atoms with Gasteiger partial charge in [0, 0.05) is 16.9 Å². The summed E-state index contributed by atoms with van der Waals surface area (Å²) in [6, 6.07) is 0.324. The van der Waals surface area contributed by atoms with Crippen LogP contribution in [0.5, 0.6) is 0 Å². The summed E-state index contributed by atoms with van der Waals surface area (Å²) < 4.78 is 1.25. The molecule has 0 aromatic rings. The lowest BCUT2D eigenvalue weighted by molar-refractivity contribution is -0.143. The van der Waals surface area contributed by atoms with E-state index in [0.717, 1.165) is 25.3 Å². The van der Waals surface area contributed by atoms with Crippen LogP contribution in [0.1, 0.15) is 59.3 Å². The van der Waals surface area contributed by atoms with Crippen LogP contribution in [0, 0.1) is 29.6 Å². The van der Waals surface area contributed by atoms with Gasteiger partial charge in [-0.15, -0.1) is 0 Å². The van der Waals surface area contributed by atoms with Gasteiger partial charge in [0.1, 0.15) is 0 Å². The van der Waals surface area contributed by atoms with Gasteiger partial charge in [-0.25, -0.2) is 0 Å². The Labute approximate surface area is 143 Å². The third-order valence-electron chi connectivity index (χ3n) is 6.30. The van der Waals surface area contributed by atoms with Crippen LogP contribution in [0.15, 0.2) is 10.6 Å². The number of likely N-dealkylation sites (tertiary alicyclic amines) is 1. The predicted octanol–water partition coefficient (Wildman–Crippen LogP) is 4.98. The molecule has 0 aromatic heterocycles. The quantitative estimate of drug-likeness (QED) is 0.673. The molecule has 1 aliphatic heterocycles. The zero-order valence-corrected chi connectivity index (χ0v) is 15.8. The summed E-state index contributed by atoms with van der Waals surface area (Å²) in [6.45, 7) is 7.87. The molecule has 2 aliphatic carbocycles. The largest absolute Gasteiger partial charge is 0.335 e. The highest BCUT2D eigenvalue weighted by molar-refractivity contribution is 9.11. The van der Waals surface area contributed by atoms with Crippen LogP contribution in [0.25, 0.3) is 0 Å². The van der Waals surface area contributed by atoms with E-state index in [0.29, 0.717) is 29.7 Å². The molecular weight excluding hydrogens is 338 g/mol. The lowest BCUT2D eigenvalue weighted by atomic mass is 9.69. The van der Waals surface area contributed by atoms with Gasteiger partial charge in [-0.1, -0.05) is 49.2 Å². The van der Waals surface area contributed by atoms with Gasteiger partial charge in [-0.05, 0) is 55.8 Å². The summed E-state index contributed by atoms with van der Waals surface area (Å²) in [5.41, 5.74) is 0. The number of piperidine rings is 1. The standard InChI is InChI=1S/C19H30BrNO/c1-12(2)15-6-4-13(3)10-16(15)19(22)21-9-8-14-5-7-17(20)18(21)11-14/h7,12-16,18H,4-6,8-11H2,1-3H3/t13-,14-,15+,16-,18+/m1/s1. The van der Waals surface area contributed by atoms with Crippen molar-refractivity contribution in [2.75, 3.05) is 6.54 Å². The van der Waals surface area contributed by atoms with Crippen LogP contribution in [0.4, 0.5) is 0 Å². The molecule has 2 fully saturated rings. The first-order chi connectivity index (χ1) is 10.5. The minimum Gasteiger partial charge on any atom is -0.335 e. The molecule has 1 saturated carbocycles. The molecule has 0 aromatic carbocycles. The minimum absolute atomic E-state index is 0.252. The Morgan fingerprint density at radius 1 is 1.27 bits per heavy atom. The second-order valence-electron chi connectivity index (χ2n) is 8.20. The van der Waals surface area contributed by atoms with E-state index in [9.17, 15) is 4.79 Å². The number of allylic oxidation sites excluding steroid dienone is 1. The summed E-state index contributed by atoms with van der Waals surface area (Å²) in [5, 5.41) is 0. The van der Waals surface area contributed by atoms with E-state index in [1.165, 1.54) is 30.2 Å². The van der Waals surface area contributed by atoms with Crippen LogP contribution in [-0.2, 0) is 4.79 Å². The average molecular weight is 368 g/mol. The Kier molecular flexibility index (Phi) is 5.01. The van der Waals surface area contributed by atoms with E-state index in [2.05, 4.69) is 47.7 Å². The number of carbonyl (C=O) groups excluding carboxylic acids is 1. The second-order valence-corrected chi connectivity index (χ2v) is 9.11. The predicted molar refractivity (Wildman–Crippen MR) is 94.7 cm³/mol. The zero-order valence-electron chi connectivity index (χ0n) is 14.2. The van der Waals surface area contributed by atoms with Gasteiger partial charge < -0.3 is 4.90 Å².